The van der Waals surface area contributed by atoms with Crippen molar-refractivity contribution < 1.29 is 4.79 Å². The summed E-state index contributed by atoms with van der Waals surface area (Å²) < 4.78 is 3.18. The van der Waals surface area contributed by atoms with Crippen LogP contribution in [-0.4, -0.2) is 21.9 Å². The van der Waals surface area contributed by atoms with Gasteiger partial charge in [-0.15, -0.1) is 11.8 Å². The van der Waals surface area contributed by atoms with Crippen LogP contribution in [-0.2, 0) is 4.79 Å². The van der Waals surface area contributed by atoms with E-state index in [0.717, 1.165) is 32.0 Å². The van der Waals surface area contributed by atoms with E-state index < -0.39 is 0 Å². The minimum Gasteiger partial charge on any atom is -0.317 e. The van der Waals surface area contributed by atoms with Gasteiger partial charge in [0.05, 0.1) is 11.5 Å². The monoisotopic (exact) mass is 483 g/mol. The van der Waals surface area contributed by atoms with Crippen molar-refractivity contribution in [1.29, 1.82) is 0 Å². The Balaban J connectivity index is 1.75. The molecule has 0 spiro atoms. The highest BCUT2D eigenvalue weighted by Crippen LogP contribution is 2.30. The van der Waals surface area contributed by atoms with Crippen molar-refractivity contribution in [3.05, 3.63) is 81.1 Å². The summed E-state index contributed by atoms with van der Waals surface area (Å²) in [5.74, 6) is -0.126. The smallest absolute Gasteiger partial charge is 0.253 e. The molecule has 0 bridgehead atoms. The lowest BCUT2D eigenvalue weighted by molar-refractivity contribution is -0.120. The summed E-state index contributed by atoms with van der Waals surface area (Å²) in [5.41, 5.74) is 9.42. The summed E-state index contributed by atoms with van der Waals surface area (Å²) >= 11 is 5.20. The zero-order chi connectivity index (χ0) is 21.8. The number of nitrogens with one attached hydrogen (secondary N) is 1. The molecule has 1 aromatic heterocycles. The van der Waals surface area contributed by atoms with Crippen molar-refractivity contribution in [3.63, 3.8) is 0 Å². The molecule has 0 unspecified atom stereocenters. The molecule has 30 heavy (non-hydrogen) atoms. The molecule has 3 rings (SSSR count). The van der Waals surface area contributed by atoms with E-state index in [1.54, 1.807) is 6.21 Å². The molecule has 0 aliphatic rings. The second-order valence-electron chi connectivity index (χ2n) is 7.31. The summed E-state index contributed by atoms with van der Waals surface area (Å²) in [4.78, 5) is 13.5. The molecule has 6 heteroatoms. The van der Waals surface area contributed by atoms with Gasteiger partial charge < -0.3 is 4.57 Å². The van der Waals surface area contributed by atoms with Crippen LogP contribution < -0.4 is 5.43 Å². The number of hydrogen-bond acceptors (Lipinski definition) is 3. The number of aromatic nitrogens is 1. The van der Waals surface area contributed by atoms with Crippen LogP contribution in [0.15, 0.2) is 63.0 Å². The van der Waals surface area contributed by atoms with Crippen LogP contribution in [0.5, 0.6) is 0 Å². The number of aryl methyl sites for hydroxylation is 2. The van der Waals surface area contributed by atoms with E-state index >= 15 is 0 Å². The van der Waals surface area contributed by atoms with Crippen LogP contribution in [0.4, 0.5) is 0 Å². The standard InChI is InChI=1S/C24H26BrN3OS/c1-15-11-12-20(13-16(15)2)28-17(3)22(23(25)18(28)4)14-26-27-24(29)19(5)30-21-9-7-6-8-10-21/h6-14,19H,1-5H3,(H,27,29)/b26-14-/t19-/m0/s1. The Morgan fingerprint density at radius 2 is 1.77 bits per heavy atom. The fourth-order valence-corrected chi connectivity index (χ4v) is 4.68. The third-order valence-corrected chi connectivity index (χ3v) is 7.27. The van der Waals surface area contributed by atoms with Crippen molar-refractivity contribution in [3.8, 4) is 5.69 Å². The lowest BCUT2D eigenvalue weighted by atomic mass is 10.1. The number of carbonyl (C=O) groups is 1. The van der Waals surface area contributed by atoms with E-state index in [4.69, 9.17) is 0 Å². The average Bonchev–Trinajstić information content (AvgIpc) is 2.94. The van der Waals surface area contributed by atoms with Crippen molar-refractivity contribution >= 4 is 39.8 Å². The van der Waals surface area contributed by atoms with Crippen LogP contribution in [0, 0.1) is 27.7 Å². The van der Waals surface area contributed by atoms with Gasteiger partial charge in [0.15, 0.2) is 0 Å². The third kappa shape index (κ3) is 4.87. The summed E-state index contributed by atoms with van der Waals surface area (Å²) in [6.07, 6.45) is 1.71. The van der Waals surface area contributed by atoms with Crippen LogP contribution in [0.1, 0.15) is 35.0 Å². The summed E-state index contributed by atoms with van der Waals surface area (Å²) in [5, 5.41) is 3.98. The molecule has 156 valence electrons. The maximum Gasteiger partial charge on any atom is 0.253 e. The lowest BCUT2D eigenvalue weighted by Gasteiger charge is -2.11. The number of carbonyl (C=O) groups excluding carboxylic acids is 1. The molecule has 0 radical (unpaired) electrons. The van der Waals surface area contributed by atoms with Gasteiger partial charge in [-0.3, -0.25) is 4.79 Å². The number of hydrogen-bond donors (Lipinski definition) is 1. The number of hydrazone groups is 1. The summed E-state index contributed by atoms with van der Waals surface area (Å²) in [6, 6.07) is 16.3. The van der Waals surface area contributed by atoms with Gasteiger partial charge in [-0.1, -0.05) is 24.3 Å². The minimum atomic E-state index is -0.240. The highest BCUT2D eigenvalue weighted by Gasteiger charge is 2.17. The molecular formula is C24H26BrN3OS. The van der Waals surface area contributed by atoms with Crippen LogP contribution in [0.2, 0.25) is 0 Å². The maximum absolute atomic E-state index is 12.4. The Bertz CT molecular complexity index is 1090. The molecule has 0 saturated heterocycles. The summed E-state index contributed by atoms with van der Waals surface area (Å²) in [6.45, 7) is 10.2. The van der Waals surface area contributed by atoms with Crippen molar-refractivity contribution in [1.82, 2.24) is 9.99 Å². The maximum atomic E-state index is 12.4. The lowest BCUT2D eigenvalue weighted by Crippen LogP contribution is -2.26. The quantitative estimate of drug-likeness (QED) is 0.261. The number of amides is 1. The first kappa shape index (κ1) is 22.4. The van der Waals surface area contributed by atoms with Crippen molar-refractivity contribution in [2.75, 3.05) is 0 Å². The number of nitrogens with zero attached hydrogens (tertiary/aromatic N) is 2. The van der Waals surface area contributed by atoms with E-state index in [1.165, 1.54) is 22.9 Å². The average molecular weight is 484 g/mol. The van der Waals surface area contributed by atoms with Crippen LogP contribution >= 0.6 is 27.7 Å². The molecule has 0 fully saturated rings. The van der Waals surface area contributed by atoms with Gasteiger partial charge in [-0.25, -0.2) is 5.43 Å². The Labute approximate surface area is 190 Å². The largest absolute Gasteiger partial charge is 0.317 e. The normalized spacial score (nSPS) is 12.3. The zero-order valence-electron chi connectivity index (χ0n) is 17.9. The molecule has 1 amide bonds. The molecule has 0 aliphatic heterocycles. The minimum absolute atomic E-state index is 0.126. The molecule has 1 N–H and O–H groups in total. The Morgan fingerprint density at radius 1 is 1.07 bits per heavy atom. The number of halogens is 1. The second-order valence-corrected chi connectivity index (χ2v) is 9.52. The second kappa shape index (κ2) is 9.67. The van der Waals surface area contributed by atoms with Crippen LogP contribution in [0.25, 0.3) is 5.69 Å². The van der Waals surface area contributed by atoms with E-state index in [2.05, 4.69) is 76.9 Å². The number of benzene rings is 2. The van der Waals surface area contributed by atoms with Crippen molar-refractivity contribution in [2.24, 2.45) is 5.10 Å². The predicted octanol–water partition coefficient (Wildman–Crippen LogP) is 6.10. The van der Waals surface area contributed by atoms with Gasteiger partial charge in [-0.05, 0) is 85.9 Å². The Kier molecular flexibility index (Phi) is 7.21. The van der Waals surface area contributed by atoms with Gasteiger partial charge >= 0.3 is 0 Å². The fourth-order valence-electron chi connectivity index (χ4n) is 3.23. The molecule has 4 nitrogen and oxygen atoms in total. The van der Waals surface area contributed by atoms with E-state index in [0.29, 0.717) is 0 Å². The Hall–Kier alpha value is -2.31. The van der Waals surface area contributed by atoms with E-state index in [-0.39, 0.29) is 11.2 Å². The molecule has 0 saturated carbocycles. The van der Waals surface area contributed by atoms with Gasteiger partial charge in [0.1, 0.15) is 0 Å². The number of thioether (sulfide) groups is 1. The van der Waals surface area contributed by atoms with Gasteiger partial charge in [-0.2, -0.15) is 5.10 Å². The molecular weight excluding hydrogens is 458 g/mol. The van der Waals surface area contributed by atoms with E-state index in [1.807, 2.05) is 37.3 Å². The highest BCUT2D eigenvalue weighted by molar-refractivity contribution is 9.10. The first-order chi connectivity index (χ1) is 14.3. The van der Waals surface area contributed by atoms with Gasteiger partial charge in [0.25, 0.3) is 5.91 Å². The topological polar surface area (TPSA) is 46.4 Å². The Morgan fingerprint density at radius 3 is 2.43 bits per heavy atom. The van der Waals surface area contributed by atoms with Crippen molar-refractivity contribution in [2.45, 2.75) is 44.8 Å². The zero-order valence-corrected chi connectivity index (χ0v) is 20.3. The first-order valence-electron chi connectivity index (χ1n) is 9.79. The molecule has 3 aromatic rings. The van der Waals surface area contributed by atoms with Crippen LogP contribution in [0.3, 0.4) is 0 Å². The highest BCUT2D eigenvalue weighted by atomic mass is 79.9. The fraction of sp³-hybridized carbons (Fsp3) is 0.250. The van der Waals surface area contributed by atoms with E-state index in [9.17, 15) is 4.79 Å². The molecule has 0 aliphatic carbocycles. The summed E-state index contributed by atoms with van der Waals surface area (Å²) in [7, 11) is 0. The predicted molar refractivity (Wildman–Crippen MR) is 130 cm³/mol. The molecule has 1 atom stereocenters. The third-order valence-electron chi connectivity index (χ3n) is 5.16. The van der Waals surface area contributed by atoms with Gasteiger partial charge in [0, 0.05) is 32.0 Å². The first-order valence-corrected chi connectivity index (χ1v) is 11.5. The molecule has 2 aromatic carbocycles. The SMILES string of the molecule is Cc1ccc(-n2c(C)c(Br)c(/C=N\NC(=O)[C@H](C)Sc3ccccc3)c2C)cc1C. The number of rotatable bonds is 6. The van der Waals surface area contributed by atoms with Gasteiger partial charge in [0.2, 0.25) is 0 Å². The molecule has 1 heterocycles.